The first kappa shape index (κ1) is 18.3. The number of imidazole rings is 1. The third kappa shape index (κ3) is 3.77. The Kier molecular flexibility index (Phi) is 5.12. The zero-order valence-electron chi connectivity index (χ0n) is 16.1. The van der Waals surface area contributed by atoms with Crippen LogP contribution in [0.3, 0.4) is 0 Å². The number of carbonyl (C=O) groups is 1. The number of anilines is 1. The molecule has 4 rings (SSSR count). The van der Waals surface area contributed by atoms with Crippen LogP contribution in [0.15, 0.2) is 54.7 Å². The maximum atomic E-state index is 12.7. The molecular formula is C22H25N5O. The number of aromatic amines is 1. The maximum Gasteiger partial charge on any atom is 0.253 e. The fourth-order valence-corrected chi connectivity index (χ4v) is 3.58. The average Bonchev–Trinajstić information content (AvgIpc) is 3.20. The van der Waals surface area contributed by atoms with Crippen molar-refractivity contribution in [1.29, 1.82) is 0 Å². The van der Waals surface area contributed by atoms with Crippen molar-refractivity contribution >= 4 is 11.9 Å². The molecule has 0 bridgehead atoms. The van der Waals surface area contributed by atoms with Crippen molar-refractivity contribution < 1.29 is 4.79 Å². The van der Waals surface area contributed by atoms with Crippen molar-refractivity contribution in [2.24, 2.45) is 0 Å². The van der Waals surface area contributed by atoms with E-state index in [0.29, 0.717) is 5.95 Å². The molecule has 0 aliphatic carbocycles. The molecule has 1 amide bonds. The van der Waals surface area contributed by atoms with Gasteiger partial charge in [-0.05, 0) is 35.4 Å². The van der Waals surface area contributed by atoms with E-state index in [4.69, 9.17) is 5.73 Å². The molecule has 2 aromatic carbocycles. The number of aromatic nitrogens is 2. The number of hydrogen-bond acceptors (Lipinski definition) is 4. The lowest BCUT2D eigenvalue weighted by molar-refractivity contribution is 0.0643. The fourth-order valence-electron chi connectivity index (χ4n) is 3.58. The summed E-state index contributed by atoms with van der Waals surface area (Å²) in [5.41, 5.74) is 10.5. The Balaban J connectivity index is 1.45. The number of piperazine rings is 1. The van der Waals surface area contributed by atoms with E-state index in [0.717, 1.165) is 60.7 Å². The van der Waals surface area contributed by atoms with Gasteiger partial charge in [-0.1, -0.05) is 43.3 Å². The number of H-pyrrole nitrogens is 1. The molecule has 1 aliphatic rings. The number of amides is 1. The maximum absolute atomic E-state index is 12.7. The van der Waals surface area contributed by atoms with Crippen molar-refractivity contribution in [2.75, 3.05) is 38.5 Å². The van der Waals surface area contributed by atoms with Crippen molar-refractivity contribution in [3.8, 4) is 22.4 Å². The van der Waals surface area contributed by atoms with Crippen molar-refractivity contribution in [2.45, 2.75) is 6.92 Å². The monoisotopic (exact) mass is 375 g/mol. The summed E-state index contributed by atoms with van der Waals surface area (Å²) in [6.45, 7) is 6.71. The number of likely N-dealkylation sites (N-methyl/N-ethyl adjacent to an activating group) is 1. The summed E-state index contributed by atoms with van der Waals surface area (Å²) in [6, 6.07) is 16.1. The number of nitrogens with one attached hydrogen (secondary N) is 1. The Bertz CT molecular complexity index is 938. The summed E-state index contributed by atoms with van der Waals surface area (Å²) in [4.78, 5) is 24.1. The Morgan fingerprint density at radius 3 is 2.07 bits per heavy atom. The number of nitrogen functional groups attached to an aromatic ring is 1. The van der Waals surface area contributed by atoms with Gasteiger partial charge in [0.2, 0.25) is 0 Å². The van der Waals surface area contributed by atoms with Crippen LogP contribution in [0, 0.1) is 0 Å². The van der Waals surface area contributed by atoms with E-state index in [1.807, 2.05) is 41.3 Å². The first-order chi connectivity index (χ1) is 13.6. The van der Waals surface area contributed by atoms with Gasteiger partial charge in [0.1, 0.15) is 0 Å². The van der Waals surface area contributed by atoms with Gasteiger partial charge in [0.15, 0.2) is 5.95 Å². The molecule has 1 aromatic heterocycles. The normalized spacial score (nSPS) is 15.0. The SMILES string of the molecule is CCN1CCN(C(=O)c2ccc(-c3ccc(-c4cnc(N)[nH]4)cc3)cc2)CC1. The minimum atomic E-state index is 0.120. The van der Waals surface area contributed by atoms with Crippen LogP contribution in [0.5, 0.6) is 0 Å². The topological polar surface area (TPSA) is 78.2 Å². The molecule has 2 heterocycles. The van der Waals surface area contributed by atoms with Gasteiger partial charge in [0, 0.05) is 31.7 Å². The third-order valence-electron chi connectivity index (χ3n) is 5.36. The molecule has 0 unspecified atom stereocenters. The standard InChI is InChI=1S/C22H25N5O/c1-2-26-11-13-27(14-12-26)21(28)19-9-5-17(6-10-19)16-3-7-18(8-4-16)20-15-24-22(23)25-20/h3-10,15H,2,11-14H2,1H3,(H3,23,24,25). The van der Waals surface area contributed by atoms with Gasteiger partial charge >= 0.3 is 0 Å². The predicted octanol–water partition coefficient (Wildman–Crippen LogP) is 3.10. The summed E-state index contributed by atoms with van der Waals surface area (Å²) >= 11 is 0. The lowest BCUT2D eigenvalue weighted by Gasteiger charge is -2.34. The quantitative estimate of drug-likeness (QED) is 0.734. The molecule has 3 N–H and O–H groups in total. The van der Waals surface area contributed by atoms with E-state index in [-0.39, 0.29) is 5.91 Å². The predicted molar refractivity (Wildman–Crippen MR) is 112 cm³/mol. The van der Waals surface area contributed by atoms with Gasteiger partial charge in [-0.25, -0.2) is 4.98 Å². The van der Waals surface area contributed by atoms with Crippen LogP contribution < -0.4 is 5.73 Å². The van der Waals surface area contributed by atoms with Gasteiger partial charge in [-0.2, -0.15) is 0 Å². The van der Waals surface area contributed by atoms with Crippen molar-refractivity contribution in [3.63, 3.8) is 0 Å². The molecular weight excluding hydrogens is 350 g/mol. The van der Waals surface area contributed by atoms with Gasteiger partial charge in [-0.3, -0.25) is 4.79 Å². The molecule has 0 spiro atoms. The highest BCUT2D eigenvalue weighted by molar-refractivity contribution is 5.94. The second-order valence-electron chi connectivity index (χ2n) is 7.06. The lowest BCUT2D eigenvalue weighted by Crippen LogP contribution is -2.48. The number of nitrogens with two attached hydrogens (primary N) is 1. The largest absolute Gasteiger partial charge is 0.369 e. The van der Waals surface area contributed by atoms with E-state index in [2.05, 4.69) is 33.9 Å². The Morgan fingerprint density at radius 2 is 1.54 bits per heavy atom. The average molecular weight is 375 g/mol. The second kappa shape index (κ2) is 7.86. The molecule has 0 saturated carbocycles. The van der Waals surface area contributed by atoms with Gasteiger partial charge in [-0.15, -0.1) is 0 Å². The second-order valence-corrected chi connectivity index (χ2v) is 7.06. The summed E-state index contributed by atoms with van der Waals surface area (Å²) in [6.07, 6.45) is 1.73. The first-order valence-corrected chi connectivity index (χ1v) is 9.67. The molecule has 144 valence electrons. The molecule has 6 nitrogen and oxygen atoms in total. The number of rotatable bonds is 4. The molecule has 1 fully saturated rings. The summed E-state index contributed by atoms with van der Waals surface area (Å²) in [5, 5.41) is 0. The minimum Gasteiger partial charge on any atom is -0.369 e. The number of hydrogen-bond donors (Lipinski definition) is 2. The third-order valence-corrected chi connectivity index (χ3v) is 5.36. The molecule has 6 heteroatoms. The van der Waals surface area contributed by atoms with E-state index < -0.39 is 0 Å². The molecule has 1 aliphatic heterocycles. The summed E-state index contributed by atoms with van der Waals surface area (Å²) in [7, 11) is 0. The summed E-state index contributed by atoms with van der Waals surface area (Å²) in [5.74, 6) is 0.532. The highest BCUT2D eigenvalue weighted by Crippen LogP contribution is 2.25. The van der Waals surface area contributed by atoms with Crippen LogP contribution in [0.4, 0.5) is 5.95 Å². The Hall–Kier alpha value is -3.12. The minimum absolute atomic E-state index is 0.120. The number of carbonyl (C=O) groups excluding carboxylic acids is 1. The molecule has 3 aromatic rings. The van der Waals surface area contributed by atoms with Crippen LogP contribution in [0.2, 0.25) is 0 Å². The van der Waals surface area contributed by atoms with E-state index in [1.54, 1.807) is 6.20 Å². The fraction of sp³-hybridized carbons (Fsp3) is 0.273. The van der Waals surface area contributed by atoms with Gasteiger partial charge in [0.05, 0.1) is 11.9 Å². The highest BCUT2D eigenvalue weighted by atomic mass is 16.2. The zero-order valence-corrected chi connectivity index (χ0v) is 16.1. The Labute approximate surface area is 165 Å². The van der Waals surface area contributed by atoms with Gasteiger partial charge < -0.3 is 20.5 Å². The summed E-state index contributed by atoms with van der Waals surface area (Å²) < 4.78 is 0. The highest BCUT2D eigenvalue weighted by Gasteiger charge is 2.21. The molecule has 28 heavy (non-hydrogen) atoms. The molecule has 0 atom stereocenters. The van der Waals surface area contributed by atoms with Crippen LogP contribution in [0.1, 0.15) is 17.3 Å². The van der Waals surface area contributed by atoms with Crippen LogP contribution in [0.25, 0.3) is 22.4 Å². The van der Waals surface area contributed by atoms with Gasteiger partial charge in [0.25, 0.3) is 5.91 Å². The van der Waals surface area contributed by atoms with E-state index in [1.165, 1.54) is 0 Å². The van der Waals surface area contributed by atoms with Crippen molar-refractivity contribution in [1.82, 2.24) is 19.8 Å². The zero-order chi connectivity index (χ0) is 19.5. The van der Waals surface area contributed by atoms with Crippen LogP contribution in [-0.4, -0.2) is 58.4 Å². The lowest BCUT2D eigenvalue weighted by atomic mass is 10.0. The molecule has 0 radical (unpaired) electrons. The Morgan fingerprint density at radius 1 is 0.964 bits per heavy atom. The first-order valence-electron chi connectivity index (χ1n) is 9.67. The number of benzene rings is 2. The van der Waals surface area contributed by atoms with Crippen LogP contribution >= 0.6 is 0 Å². The van der Waals surface area contributed by atoms with E-state index >= 15 is 0 Å². The van der Waals surface area contributed by atoms with E-state index in [9.17, 15) is 4.79 Å². The smallest absolute Gasteiger partial charge is 0.253 e. The molecule has 1 saturated heterocycles. The van der Waals surface area contributed by atoms with Crippen molar-refractivity contribution in [3.05, 3.63) is 60.3 Å². The number of nitrogens with zero attached hydrogens (tertiary/aromatic N) is 3. The van der Waals surface area contributed by atoms with Crippen LogP contribution in [-0.2, 0) is 0 Å².